The highest BCUT2D eigenvalue weighted by Crippen LogP contribution is 2.30. The van der Waals surface area contributed by atoms with Gasteiger partial charge in [0.1, 0.15) is 10.7 Å². The minimum atomic E-state index is -4.14. The van der Waals surface area contributed by atoms with E-state index < -0.39 is 19.8 Å². The zero-order valence-electron chi connectivity index (χ0n) is 11.3. The van der Waals surface area contributed by atoms with Crippen molar-refractivity contribution in [2.24, 2.45) is 0 Å². The standard InChI is InChI=1S/C13H14BrClFNO3S/c1-8-4-2-3-5-17(8)13(18)9-6-10(16)12(14)11(7-9)21(15,19)20/h6-8H,2-5H2,1H3. The molecule has 1 fully saturated rings. The highest BCUT2D eigenvalue weighted by atomic mass is 79.9. The van der Waals surface area contributed by atoms with E-state index in [1.54, 1.807) is 4.90 Å². The molecule has 1 amide bonds. The van der Waals surface area contributed by atoms with Crippen molar-refractivity contribution < 1.29 is 17.6 Å². The number of rotatable bonds is 2. The fourth-order valence-corrected chi connectivity index (χ4v) is 4.52. The maximum atomic E-state index is 13.9. The van der Waals surface area contributed by atoms with E-state index in [2.05, 4.69) is 15.9 Å². The van der Waals surface area contributed by atoms with Crippen molar-refractivity contribution >= 4 is 41.6 Å². The Bertz CT molecular complexity index is 680. The number of hydrogen-bond donors (Lipinski definition) is 0. The summed E-state index contributed by atoms with van der Waals surface area (Å²) in [5, 5.41) is 0. The Kier molecular flexibility index (Phi) is 4.95. The molecule has 2 rings (SSSR count). The summed E-state index contributed by atoms with van der Waals surface area (Å²) in [6, 6.07) is 2.19. The molecule has 0 spiro atoms. The third-order valence-corrected chi connectivity index (χ3v) is 5.98. The first-order chi connectivity index (χ1) is 9.71. The fraction of sp³-hybridized carbons (Fsp3) is 0.462. The van der Waals surface area contributed by atoms with E-state index in [1.807, 2.05) is 6.92 Å². The summed E-state index contributed by atoms with van der Waals surface area (Å²) in [7, 11) is 1.14. The van der Waals surface area contributed by atoms with Gasteiger partial charge in [-0.25, -0.2) is 12.8 Å². The van der Waals surface area contributed by atoms with Crippen molar-refractivity contribution in [1.29, 1.82) is 0 Å². The Labute approximate surface area is 135 Å². The summed E-state index contributed by atoms with van der Waals surface area (Å²) in [5.41, 5.74) is -0.0105. The van der Waals surface area contributed by atoms with Crippen LogP contribution in [-0.2, 0) is 9.05 Å². The number of amides is 1. The number of nitrogens with zero attached hydrogens (tertiary/aromatic N) is 1. The van der Waals surface area contributed by atoms with Crippen LogP contribution in [0.4, 0.5) is 4.39 Å². The van der Waals surface area contributed by atoms with Crippen LogP contribution >= 0.6 is 26.6 Å². The summed E-state index contributed by atoms with van der Waals surface area (Å²) in [4.78, 5) is 13.7. The molecule has 1 aromatic carbocycles. The number of carbonyl (C=O) groups is 1. The molecule has 116 valence electrons. The van der Waals surface area contributed by atoms with E-state index in [0.29, 0.717) is 6.54 Å². The van der Waals surface area contributed by atoms with Crippen LogP contribution in [-0.4, -0.2) is 31.8 Å². The van der Waals surface area contributed by atoms with Gasteiger partial charge in [0.15, 0.2) is 0 Å². The molecule has 1 aliphatic rings. The van der Waals surface area contributed by atoms with Gasteiger partial charge in [0.2, 0.25) is 0 Å². The minimum Gasteiger partial charge on any atom is -0.336 e. The van der Waals surface area contributed by atoms with Crippen molar-refractivity contribution in [3.8, 4) is 0 Å². The summed E-state index contributed by atoms with van der Waals surface area (Å²) < 4.78 is 36.5. The summed E-state index contributed by atoms with van der Waals surface area (Å²) in [6.07, 6.45) is 2.81. The number of hydrogen-bond acceptors (Lipinski definition) is 3. The average Bonchev–Trinajstić information content (AvgIpc) is 2.40. The fourth-order valence-electron chi connectivity index (χ4n) is 2.43. The van der Waals surface area contributed by atoms with Gasteiger partial charge in [0, 0.05) is 28.8 Å². The van der Waals surface area contributed by atoms with Crippen LogP contribution in [0.1, 0.15) is 36.5 Å². The van der Waals surface area contributed by atoms with Crippen LogP contribution in [0.15, 0.2) is 21.5 Å². The lowest BCUT2D eigenvalue weighted by molar-refractivity contribution is 0.0635. The zero-order chi connectivity index (χ0) is 15.8. The summed E-state index contributed by atoms with van der Waals surface area (Å²) >= 11 is 2.84. The van der Waals surface area contributed by atoms with Crippen LogP contribution in [0, 0.1) is 5.82 Å². The van der Waals surface area contributed by atoms with Gasteiger partial charge < -0.3 is 4.90 Å². The Morgan fingerprint density at radius 2 is 2.10 bits per heavy atom. The van der Waals surface area contributed by atoms with Crippen molar-refractivity contribution in [3.05, 3.63) is 28.0 Å². The normalized spacial score (nSPS) is 19.6. The highest BCUT2D eigenvalue weighted by Gasteiger charge is 2.27. The quantitative estimate of drug-likeness (QED) is 0.716. The SMILES string of the molecule is CC1CCCCN1C(=O)c1cc(F)c(Br)c(S(=O)(=O)Cl)c1. The maximum absolute atomic E-state index is 13.9. The van der Waals surface area contributed by atoms with Gasteiger partial charge in [-0.15, -0.1) is 0 Å². The first kappa shape index (κ1) is 16.7. The third kappa shape index (κ3) is 3.57. The highest BCUT2D eigenvalue weighted by molar-refractivity contribution is 9.10. The molecule has 1 aliphatic heterocycles. The van der Waals surface area contributed by atoms with Crippen molar-refractivity contribution in [1.82, 2.24) is 4.90 Å². The predicted octanol–water partition coefficient (Wildman–Crippen LogP) is 3.53. The monoisotopic (exact) mass is 397 g/mol. The van der Waals surface area contributed by atoms with E-state index in [1.165, 1.54) is 0 Å². The van der Waals surface area contributed by atoms with Crippen LogP contribution < -0.4 is 0 Å². The van der Waals surface area contributed by atoms with Gasteiger partial charge in [0.25, 0.3) is 15.0 Å². The smallest absolute Gasteiger partial charge is 0.262 e. The second-order valence-electron chi connectivity index (χ2n) is 5.05. The Balaban J connectivity index is 2.45. The molecule has 21 heavy (non-hydrogen) atoms. The Morgan fingerprint density at radius 1 is 1.43 bits per heavy atom. The Morgan fingerprint density at radius 3 is 2.67 bits per heavy atom. The van der Waals surface area contributed by atoms with E-state index in [9.17, 15) is 17.6 Å². The van der Waals surface area contributed by atoms with Crippen LogP contribution in [0.5, 0.6) is 0 Å². The third-order valence-electron chi connectivity index (χ3n) is 3.57. The van der Waals surface area contributed by atoms with E-state index in [0.717, 1.165) is 31.4 Å². The van der Waals surface area contributed by atoms with Gasteiger partial charge in [-0.2, -0.15) is 0 Å². The zero-order valence-corrected chi connectivity index (χ0v) is 14.4. The van der Waals surface area contributed by atoms with Gasteiger partial charge >= 0.3 is 0 Å². The molecule has 0 aliphatic carbocycles. The molecule has 1 heterocycles. The molecule has 1 atom stereocenters. The molecular formula is C13H14BrClFNO3S. The number of halogens is 3. The average molecular weight is 399 g/mol. The molecule has 0 bridgehead atoms. The minimum absolute atomic E-state index is 0.0105. The second kappa shape index (κ2) is 6.22. The summed E-state index contributed by atoms with van der Waals surface area (Å²) in [5.74, 6) is -1.21. The number of piperidine rings is 1. The Hall–Kier alpha value is -0.660. The van der Waals surface area contributed by atoms with Gasteiger partial charge in [0.05, 0.1) is 4.47 Å². The molecule has 4 nitrogen and oxygen atoms in total. The molecule has 0 N–H and O–H groups in total. The molecular weight excluding hydrogens is 385 g/mol. The maximum Gasteiger partial charge on any atom is 0.262 e. The number of carbonyl (C=O) groups excluding carboxylic acids is 1. The lowest BCUT2D eigenvalue weighted by Crippen LogP contribution is -2.42. The molecule has 0 radical (unpaired) electrons. The van der Waals surface area contributed by atoms with E-state index in [4.69, 9.17) is 10.7 Å². The lowest BCUT2D eigenvalue weighted by Gasteiger charge is -2.33. The number of likely N-dealkylation sites (tertiary alicyclic amines) is 1. The molecule has 0 saturated carbocycles. The largest absolute Gasteiger partial charge is 0.336 e. The number of benzene rings is 1. The second-order valence-corrected chi connectivity index (χ2v) is 8.38. The first-order valence-electron chi connectivity index (χ1n) is 6.46. The topological polar surface area (TPSA) is 54.5 Å². The van der Waals surface area contributed by atoms with Gasteiger partial charge in [-0.1, -0.05) is 0 Å². The van der Waals surface area contributed by atoms with Crippen molar-refractivity contribution in [2.75, 3.05) is 6.54 Å². The van der Waals surface area contributed by atoms with Crippen molar-refractivity contribution in [3.63, 3.8) is 0 Å². The lowest BCUT2D eigenvalue weighted by atomic mass is 10.0. The molecule has 1 unspecified atom stereocenters. The van der Waals surface area contributed by atoms with Crippen LogP contribution in [0.25, 0.3) is 0 Å². The first-order valence-corrected chi connectivity index (χ1v) is 9.56. The van der Waals surface area contributed by atoms with E-state index >= 15 is 0 Å². The van der Waals surface area contributed by atoms with E-state index in [-0.39, 0.29) is 22.0 Å². The van der Waals surface area contributed by atoms with Crippen LogP contribution in [0.3, 0.4) is 0 Å². The molecule has 1 saturated heterocycles. The van der Waals surface area contributed by atoms with Gasteiger partial charge in [-0.3, -0.25) is 4.79 Å². The summed E-state index contributed by atoms with van der Waals surface area (Å²) in [6.45, 7) is 2.51. The predicted molar refractivity (Wildman–Crippen MR) is 81.5 cm³/mol. The molecule has 0 aromatic heterocycles. The molecule has 1 aromatic rings. The molecule has 8 heteroatoms. The van der Waals surface area contributed by atoms with Crippen LogP contribution in [0.2, 0.25) is 0 Å². The van der Waals surface area contributed by atoms with Gasteiger partial charge in [-0.05, 0) is 54.2 Å². The van der Waals surface area contributed by atoms with Crippen molar-refractivity contribution in [2.45, 2.75) is 37.1 Å².